The molecular weight excluding hydrogens is 320 g/mol. The van der Waals surface area contributed by atoms with Gasteiger partial charge < -0.3 is 10.2 Å². The molecule has 0 bridgehead atoms. The van der Waals surface area contributed by atoms with Crippen molar-refractivity contribution in [3.8, 4) is 0 Å². The lowest BCUT2D eigenvalue weighted by Gasteiger charge is -2.33. The van der Waals surface area contributed by atoms with Crippen LogP contribution in [0.3, 0.4) is 0 Å². The van der Waals surface area contributed by atoms with E-state index in [0.29, 0.717) is 0 Å². The molecule has 26 heavy (non-hydrogen) atoms. The molecule has 2 heteroatoms. The van der Waals surface area contributed by atoms with Crippen LogP contribution in [0.4, 0.5) is 0 Å². The predicted octanol–water partition coefficient (Wildman–Crippen LogP) is 4.50. The Labute approximate surface area is 154 Å². The third-order valence-electron chi connectivity index (χ3n) is 5.44. The van der Waals surface area contributed by atoms with Gasteiger partial charge in [0.1, 0.15) is 5.60 Å². The SMILES string of the molecule is C[C@@H]1[C@H](O)C(c2ccccc2)=C(c2ccccc2)[C@@]1(O)c1ccccc1. The molecule has 2 N–H and O–H groups in total. The molecule has 4 rings (SSSR count). The Kier molecular flexibility index (Phi) is 4.23. The van der Waals surface area contributed by atoms with Crippen LogP contribution >= 0.6 is 0 Å². The number of hydrogen-bond donors (Lipinski definition) is 2. The van der Waals surface area contributed by atoms with Crippen molar-refractivity contribution >= 4 is 11.1 Å². The third kappa shape index (κ3) is 2.50. The highest BCUT2D eigenvalue weighted by Crippen LogP contribution is 2.54. The zero-order valence-corrected chi connectivity index (χ0v) is 14.7. The molecule has 1 aliphatic carbocycles. The van der Waals surface area contributed by atoms with Gasteiger partial charge in [0, 0.05) is 11.5 Å². The lowest BCUT2D eigenvalue weighted by atomic mass is 9.78. The van der Waals surface area contributed by atoms with Crippen molar-refractivity contribution < 1.29 is 10.2 Å². The molecule has 0 unspecified atom stereocenters. The molecule has 3 aromatic rings. The van der Waals surface area contributed by atoms with Crippen molar-refractivity contribution in [2.45, 2.75) is 18.6 Å². The van der Waals surface area contributed by atoms with E-state index in [0.717, 1.165) is 27.8 Å². The molecule has 130 valence electrons. The smallest absolute Gasteiger partial charge is 0.121 e. The molecule has 1 aliphatic rings. The summed E-state index contributed by atoms with van der Waals surface area (Å²) in [5.41, 5.74) is 3.01. The van der Waals surface area contributed by atoms with E-state index in [9.17, 15) is 10.2 Å². The van der Waals surface area contributed by atoms with Gasteiger partial charge in [-0.25, -0.2) is 0 Å². The first kappa shape index (κ1) is 16.8. The fourth-order valence-electron chi connectivity index (χ4n) is 4.07. The Morgan fingerprint density at radius 3 is 1.69 bits per heavy atom. The van der Waals surface area contributed by atoms with Gasteiger partial charge in [0.15, 0.2) is 0 Å². The summed E-state index contributed by atoms with van der Waals surface area (Å²) < 4.78 is 0. The summed E-state index contributed by atoms with van der Waals surface area (Å²) in [4.78, 5) is 0. The Hall–Kier alpha value is -2.68. The molecular formula is C24H22O2. The molecule has 0 amide bonds. The number of benzene rings is 3. The van der Waals surface area contributed by atoms with Crippen LogP contribution in [0.1, 0.15) is 23.6 Å². The largest absolute Gasteiger partial charge is 0.388 e. The highest BCUT2D eigenvalue weighted by Gasteiger charge is 2.51. The molecule has 0 aliphatic heterocycles. The minimum Gasteiger partial charge on any atom is -0.388 e. The van der Waals surface area contributed by atoms with E-state index in [1.165, 1.54) is 0 Å². The van der Waals surface area contributed by atoms with Gasteiger partial charge in [0.25, 0.3) is 0 Å². The van der Waals surface area contributed by atoms with Crippen molar-refractivity contribution in [2.75, 3.05) is 0 Å². The van der Waals surface area contributed by atoms with Gasteiger partial charge in [-0.1, -0.05) is 97.9 Å². The first-order valence-electron chi connectivity index (χ1n) is 8.95. The number of hydrogen-bond acceptors (Lipinski definition) is 2. The van der Waals surface area contributed by atoms with E-state index in [1.807, 2.05) is 97.9 Å². The van der Waals surface area contributed by atoms with E-state index in [1.54, 1.807) is 0 Å². The second-order valence-electron chi connectivity index (χ2n) is 6.89. The van der Waals surface area contributed by atoms with Gasteiger partial charge in [-0.05, 0) is 22.3 Å². The minimum absolute atomic E-state index is 0.365. The van der Waals surface area contributed by atoms with E-state index >= 15 is 0 Å². The average Bonchev–Trinajstić information content (AvgIpc) is 2.92. The van der Waals surface area contributed by atoms with Gasteiger partial charge in [0.2, 0.25) is 0 Å². The summed E-state index contributed by atoms with van der Waals surface area (Å²) in [7, 11) is 0. The van der Waals surface area contributed by atoms with Gasteiger partial charge in [-0.3, -0.25) is 0 Å². The fourth-order valence-corrected chi connectivity index (χ4v) is 4.07. The van der Waals surface area contributed by atoms with E-state index in [-0.39, 0.29) is 5.92 Å². The van der Waals surface area contributed by atoms with Crippen LogP contribution in [0.5, 0.6) is 0 Å². The fraction of sp³-hybridized carbons (Fsp3) is 0.167. The van der Waals surface area contributed by atoms with Crippen molar-refractivity contribution in [3.05, 3.63) is 108 Å². The second-order valence-corrected chi connectivity index (χ2v) is 6.89. The first-order valence-corrected chi connectivity index (χ1v) is 8.95. The van der Waals surface area contributed by atoms with E-state index in [4.69, 9.17) is 0 Å². The van der Waals surface area contributed by atoms with Crippen LogP contribution in [0.2, 0.25) is 0 Å². The van der Waals surface area contributed by atoms with Crippen LogP contribution in [0.25, 0.3) is 11.1 Å². The topological polar surface area (TPSA) is 40.5 Å². The van der Waals surface area contributed by atoms with Crippen LogP contribution in [0.15, 0.2) is 91.0 Å². The molecule has 0 radical (unpaired) electrons. The van der Waals surface area contributed by atoms with E-state index in [2.05, 4.69) is 0 Å². The summed E-state index contributed by atoms with van der Waals surface area (Å²) in [6, 6.07) is 29.4. The summed E-state index contributed by atoms with van der Waals surface area (Å²) in [5.74, 6) is -0.365. The maximum atomic E-state index is 11.9. The quantitative estimate of drug-likeness (QED) is 0.736. The number of rotatable bonds is 3. The lowest BCUT2D eigenvalue weighted by molar-refractivity contribution is 0.00756. The maximum Gasteiger partial charge on any atom is 0.121 e. The van der Waals surface area contributed by atoms with Crippen LogP contribution in [-0.2, 0) is 5.60 Å². The van der Waals surface area contributed by atoms with Crippen LogP contribution in [0, 0.1) is 5.92 Å². The lowest BCUT2D eigenvalue weighted by Crippen LogP contribution is -2.35. The second kappa shape index (κ2) is 6.56. The molecule has 2 nitrogen and oxygen atoms in total. The van der Waals surface area contributed by atoms with Crippen molar-refractivity contribution in [3.63, 3.8) is 0 Å². The number of aliphatic hydroxyl groups excluding tert-OH is 1. The number of aliphatic hydroxyl groups is 2. The van der Waals surface area contributed by atoms with Crippen LogP contribution in [-0.4, -0.2) is 16.3 Å². The molecule has 0 heterocycles. The average molecular weight is 342 g/mol. The Morgan fingerprint density at radius 1 is 0.692 bits per heavy atom. The summed E-state index contributed by atoms with van der Waals surface area (Å²) in [5, 5.41) is 23.1. The van der Waals surface area contributed by atoms with Gasteiger partial charge >= 0.3 is 0 Å². The van der Waals surface area contributed by atoms with Crippen molar-refractivity contribution in [1.29, 1.82) is 0 Å². The zero-order chi connectivity index (χ0) is 18.1. The monoisotopic (exact) mass is 342 g/mol. The molecule has 0 saturated heterocycles. The van der Waals surface area contributed by atoms with Gasteiger partial charge in [0.05, 0.1) is 6.10 Å². The van der Waals surface area contributed by atoms with Gasteiger partial charge in [-0.2, -0.15) is 0 Å². The van der Waals surface area contributed by atoms with Crippen molar-refractivity contribution in [2.24, 2.45) is 5.92 Å². The van der Waals surface area contributed by atoms with Crippen LogP contribution < -0.4 is 0 Å². The normalized spacial score (nSPS) is 25.5. The summed E-state index contributed by atoms with van der Waals surface area (Å²) in [6.07, 6.45) is -0.752. The highest BCUT2D eigenvalue weighted by atomic mass is 16.3. The standard InChI is InChI=1S/C24H22O2/c1-17-23(25)21(18-11-5-2-6-12-18)22(19-13-7-3-8-14-19)24(17,26)20-15-9-4-10-16-20/h2-17,23,25-26H,1H3/t17-,23+,24+/m1/s1. The predicted molar refractivity (Wildman–Crippen MR) is 105 cm³/mol. The third-order valence-corrected chi connectivity index (χ3v) is 5.44. The molecule has 0 fully saturated rings. The Bertz CT molecular complexity index is 916. The molecule has 3 atom stereocenters. The molecule has 0 aromatic heterocycles. The molecule has 3 aromatic carbocycles. The van der Waals surface area contributed by atoms with E-state index < -0.39 is 11.7 Å². The first-order chi connectivity index (χ1) is 12.6. The van der Waals surface area contributed by atoms with Crippen molar-refractivity contribution in [1.82, 2.24) is 0 Å². The molecule has 0 saturated carbocycles. The minimum atomic E-state index is -1.26. The maximum absolute atomic E-state index is 11.9. The van der Waals surface area contributed by atoms with Gasteiger partial charge in [-0.15, -0.1) is 0 Å². The summed E-state index contributed by atoms with van der Waals surface area (Å²) in [6.45, 7) is 1.91. The zero-order valence-electron chi connectivity index (χ0n) is 14.7. The summed E-state index contributed by atoms with van der Waals surface area (Å²) >= 11 is 0. The highest BCUT2D eigenvalue weighted by molar-refractivity contribution is 5.99. The Balaban J connectivity index is 2.04. The molecule has 0 spiro atoms. The Morgan fingerprint density at radius 2 is 1.15 bits per heavy atom.